The van der Waals surface area contributed by atoms with Crippen LogP contribution in [-0.2, 0) is 0 Å². The van der Waals surface area contributed by atoms with Gasteiger partial charge in [-0.2, -0.15) is 0 Å². The number of ether oxygens (including phenoxy) is 1. The molecule has 2 aromatic carbocycles. The summed E-state index contributed by atoms with van der Waals surface area (Å²) in [7, 11) is 1.67. The standard InChI is InChI=1S/C16H14ClIN2O/c1-10(17)16-19-14-7-6-13(21-2)9-15(14)20(16)12-5-3-4-11(18)8-12/h3-10H,1-2H3. The van der Waals surface area contributed by atoms with E-state index in [9.17, 15) is 0 Å². The summed E-state index contributed by atoms with van der Waals surface area (Å²) in [4.78, 5) is 4.67. The van der Waals surface area contributed by atoms with Crippen LogP contribution in [0.4, 0.5) is 0 Å². The Morgan fingerprint density at radius 3 is 2.71 bits per heavy atom. The maximum absolute atomic E-state index is 6.33. The number of imidazole rings is 1. The van der Waals surface area contributed by atoms with Gasteiger partial charge >= 0.3 is 0 Å². The van der Waals surface area contributed by atoms with Gasteiger partial charge in [0.2, 0.25) is 0 Å². The number of alkyl halides is 1. The lowest BCUT2D eigenvalue weighted by molar-refractivity contribution is 0.415. The van der Waals surface area contributed by atoms with Crippen molar-refractivity contribution < 1.29 is 4.74 Å². The van der Waals surface area contributed by atoms with Gasteiger partial charge in [0.05, 0.1) is 23.5 Å². The van der Waals surface area contributed by atoms with E-state index in [-0.39, 0.29) is 5.38 Å². The van der Waals surface area contributed by atoms with E-state index in [2.05, 4.69) is 50.3 Å². The Hall–Kier alpha value is -1.27. The maximum atomic E-state index is 6.33. The Balaban J connectivity index is 2.34. The summed E-state index contributed by atoms with van der Waals surface area (Å²) >= 11 is 8.63. The molecule has 0 N–H and O–H groups in total. The number of rotatable bonds is 3. The third-order valence-corrected chi connectivity index (χ3v) is 4.18. The van der Waals surface area contributed by atoms with Gasteiger partial charge in [-0.1, -0.05) is 6.07 Å². The molecule has 108 valence electrons. The first-order valence-electron chi connectivity index (χ1n) is 6.56. The second kappa shape index (κ2) is 5.85. The van der Waals surface area contributed by atoms with E-state index < -0.39 is 0 Å². The van der Waals surface area contributed by atoms with Gasteiger partial charge in [-0.25, -0.2) is 4.98 Å². The molecule has 21 heavy (non-hydrogen) atoms. The zero-order chi connectivity index (χ0) is 15.0. The Bertz CT molecular complexity index is 798. The van der Waals surface area contributed by atoms with Crippen molar-refractivity contribution in [2.45, 2.75) is 12.3 Å². The highest BCUT2D eigenvalue weighted by molar-refractivity contribution is 14.1. The normalized spacial score (nSPS) is 12.6. The van der Waals surface area contributed by atoms with E-state index in [1.54, 1.807) is 7.11 Å². The van der Waals surface area contributed by atoms with Crippen LogP contribution in [0.15, 0.2) is 42.5 Å². The van der Waals surface area contributed by atoms with Crippen molar-refractivity contribution in [2.75, 3.05) is 7.11 Å². The van der Waals surface area contributed by atoms with E-state index >= 15 is 0 Å². The lowest BCUT2D eigenvalue weighted by atomic mass is 10.2. The molecule has 1 atom stereocenters. The van der Waals surface area contributed by atoms with Crippen LogP contribution >= 0.6 is 34.2 Å². The van der Waals surface area contributed by atoms with Crippen LogP contribution in [-0.4, -0.2) is 16.7 Å². The lowest BCUT2D eigenvalue weighted by Crippen LogP contribution is -2.02. The van der Waals surface area contributed by atoms with Crippen LogP contribution in [0, 0.1) is 3.57 Å². The summed E-state index contributed by atoms with van der Waals surface area (Å²) in [5, 5.41) is -0.179. The van der Waals surface area contributed by atoms with Crippen LogP contribution in [0.5, 0.6) is 5.75 Å². The predicted octanol–water partition coefficient (Wildman–Crippen LogP) is 4.94. The summed E-state index contributed by atoms with van der Waals surface area (Å²) < 4.78 is 8.60. The number of aromatic nitrogens is 2. The van der Waals surface area contributed by atoms with Crippen LogP contribution in [0.3, 0.4) is 0 Å². The van der Waals surface area contributed by atoms with Gasteiger partial charge in [0.1, 0.15) is 11.6 Å². The third kappa shape index (κ3) is 2.74. The van der Waals surface area contributed by atoms with Gasteiger partial charge in [0.25, 0.3) is 0 Å². The number of hydrogen-bond acceptors (Lipinski definition) is 2. The fraction of sp³-hybridized carbons (Fsp3) is 0.188. The van der Waals surface area contributed by atoms with Crippen LogP contribution in [0.25, 0.3) is 16.7 Å². The van der Waals surface area contributed by atoms with E-state index in [0.717, 1.165) is 28.3 Å². The average molecular weight is 413 g/mol. The first-order valence-corrected chi connectivity index (χ1v) is 8.08. The van der Waals surface area contributed by atoms with Gasteiger partial charge in [-0.3, -0.25) is 4.57 Å². The molecule has 0 aliphatic heterocycles. The minimum Gasteiger partial charge on any atom is -0.497 e. The van der Waals surface area contributed by atoms with Crippen molar-refractivity contribution in [2.24, 2.45) is 0 Å². The molecule has 0 radical (unpaired) electrons. The molecule has 0 aliphatic carbocycles. The Kier molecular flexibility index (Phi) is 4.08. The highest BCUT2D eigenvalue weighted by atomic mass is 127. The van der Waals surface area contributed by atoms with Gasteiger partial charge in [-0.15, -0.1) is 11.6 Å². The maximum Gasteiger partial charge on any atom is 0.132 e. The van der Waals surface area contributed by atoms with Crippen molar-refractivity contribution in [1.29, 1.82) is 0 Å². The minimum absolute atomic E-state index is 0.179. The molecule has 0 saturated heterocycles. The zero-order valence-corrected chi connectivity index (χ0v) is 14.6. The summed E-state index contributed by atoms with van der Waals surface area (Å²) in [5.74, 6) is 1.64. The van der Waals surface area contributed by atoms with Gasteiger partial charge in [0, 0.05) is 15.3 Å². The average Bonchev–Trinajstić information content (AvgIpc) is 2.85. The fourth-order valence-electron chi connectivity index (χ4n) is 2.35. The molecular formula is C16H14ClIN2O. The van der Waals surface area contributed by atoms with E-state index in [1.807, 2.05) is 31.2 Å². The smallest absolute Gasteiger partial charge is 0.132 e. The molecule has 0 aliphatic rings. The Morgan fingerprint density at radius 2 is 2.05 bits per heavy atom. The number of benzene rings is 2. The number of methoxy groups -OCH3 is 1. The summed E-state index contributed by atoms with van der Waals surface area (Å²) in [6, 6.07) is 14.1. The minimum atomic E-state index is -0.179. The molecular weight excluding hydrogens is 399 g/mol. The summed E-state index contributed by atoms with van der Waals surface area (Å²) in [5.41, 5.74) is 2.97. The lowest BCUT2D eigenvalue weighted by Gasteiger charge is -2.11. The second-order valence-electron chi connectivity index (χ2n) is 4.76. The summed E-state index contributed by atoms with van der Waals surface area (Å²) in [6.07, 6.45) is 0. The van der Waals surface area contributed by atoms with Gasteiger partial charge in [0.15, 0.2) is 0 Å². The van der Waals surface area contributed by atoms with Crippen molar-refractivity contribution >= 4 is 45.2 Å². The molecule has 0 amide bonds. The van der Waals surface area contributed by atoms with Gasteiger partial charge < -0.3 is 4.74 Å². The van der Waals surface area contributed by atoms with Crippen LogP contribution in [0.1, 0.15) is 18.1 Å². The Morgan fingerprint density at radius 1 is 1.24 bits per heavy atom. The van der Waals surface area contributed by atoms with Crippen molar-refractivity contribution in [3.63, 3.8) is 0 Å². The molecule has 5 heteroatoms. The van der Waals surface area contributed by atoms with Crippen LogP contribution < -0.4 is 4.74 Å². The highest BCUT2D eigenvalue weighted by Gasteiger charge is 2.17. The van der Waals surface area contributed by atoms with Crippen molar-refractivity contribution in [3.05, 3.63) is 51.9 Å². The number of fused-ring (bicyclic) bond motifs is 1. The molecule has 0 spiro atoms. The van der Waals surface area contributed by atoms with Crippen LogP contribution in [0.2, 0.25) is 0 Å². The highest BCUT2D eigenvalue weighted by Crippen LogP contribution is 2.30. The zero-order valence-electron chi connectivity index (χ0n) is 11.7. The van der Waals surface area contributed by atoms with E-state index in [0.29, 0.717) is 0 Å². The first-order chi connectivity index (χ1) is 10.1. The monoisotopic (exact) mass is 412 g/mol. The number of halogens is 2. The molecule has 0 bridgehead atoms. The largest absolute Gasteiger partial charge is 0.497 e. The number of nitrogens with zero attached hydrogens (tertiary/aromatic N) is 2. The topological polar surface area (TPSA) is 27.1 Å². The molecule has 1 heterocycles. The SMILES string of the molecule is COc1ccc2nc(C(C)Cl)n(-c3cccc(I)c3)c2c1. The van der Waals surface area contributed by atoms with Crippen molar-refractivity contribution in [1.82, 2.24) is 9.55 Å². The summed E-state index contributed by atoms with van der Waals surface area (Å²) in [6.45, 7) is 1.93. The molecule has 0 fully saturated rings. The van der Waals surface area contributed by atoms with E-state index in [4.69, 9.17) is 16.3 Å². The first kappa shape index (κ1) is 14.7. The second-order valence-corrected chi connectivity index (χ2v) is 6.66. The fourth-order valence-corrected chi connectivity index (χ4v) is 3.03. The quantitative estimate of drug-likeness (QED) is 0.450. The molecule has 3 aromatic rings. The van der Waals surface area contributed by atoms with Gasteiger partial charge in [-0.05, 0) is 59.8 Å². The molecule has 1 unspecified atom stereocenters. The van der Waals surface area contributed by atoms with E-state index in [1.165, 1.54) is 3.57 Å². The molecule has 0 saturated carbocycles. The number of hydrogen-bond donors (Lipinski definition) is 0. The van der Waals surface area contributed by atoms with Crippen molar-refractivity contribution in [3.8, 4) is 11.4 Å². The third-order valence-electron chi connectivity index (χ3n) is 3.31. The molecule has 1 aromatic heterocycles. The molecule has 3 rings (SSSR count). The Labute approximate surface area is 142 Å². The predicted molar refractivity (Wildman–Crippen MR) is 94.6 cm³/mol. The molecule has 3 nitrogen and oxygen atoms in total.